The summed E-state index contributed by atoms with van der Waals surface area (Å²) in [6.07, 6.45) is 1.04. The molecule has 0 radical (unpaired) electrons. The second-order valence-electron chi connectivity index (χ2n) is 4.07. The van der Waals surface area contributed by atoms with E-state index < -0.39 is 0 Å². The molecule has 0 fully saturated rings. The highest BCUT2D eigenvalue weighted by Gasteiger charge is 2.18. The maximum absolute atomic E-state index is 5.24. The Bertz CT molecular complexity index is 387. The van der Waals surface area contributed by atoms with Crippen molar-refractivity contribution in [3.63, 3.8) is 0 Å². The van der Waals surface area contributed by atoms with Gasteiger partial charge in [0.2, 0.25) is 5.95 Å². The van der Waals surface area contributed by atoms with Gasteiger partial charge in [0.1, 0.15) is 0 Å². The van der Waals surface area contributed by atoms with Crippen molar-refractivity contribution in [3.8, 4) is 0 Å². The Kier molecular flexibility index (Phi) is 5.64. The van der Waals surface area contributed by atoms with Gasteiger partial charge < -0.3 is 9.64 Å². The van der Waals surface area contributed by atoms with E-state index in [1.54, 1.807) is 7.11 Å². The van der Waals surface area contributed by atoms with Crippen molar-refractivity contribution in [3.05, 3.63) is 4.77 Å². The number of ether oxygens (including phenoxy) is 1. The first-order chi connectivity index (χ1) is 8.15. The summed E-state index contributed by atoms with van der Waals surface area (Å²) < 4.78 is 7.93. The van der Waals surface area contributed by atoms with Crippen LogP contribution in [0.25, 0.3) is 0 Å². The Morgan fingerprint density at radius 2 is 2.24 bits per heavy atom. The van der Waals surface area contributed by atoms with E-state index in [2.05, 4.69) is 35.9 Å². The van der Waals surface area contributed by atoms with Crippen molar-refractivity contribution in [2.45, 2.75) is 39.8 Å². The standard InChI is InChI=1S/C11H22N4OS/c1-5-7-15-10(12-13-11(15)17)14(6-2)9(3)8-16-4/h9H,5-8H2,1-4H3,(H,13,17). The summed E-state index contributed by atoms with van der Waals surface area (Å²) in [5.41, 5.74) is 0. The van der Waals surface area contributed by atoms with Crippen molar-refractivity contribution < 1.29 is 4.74 Å². The van der Waals surface area contributed by atoms with E-state index in [0.29, 0.717) is 11.4 Å². The molecule has 98 valence electrons. The summed E-state index contributed by atoms with van der Waals surface area (Å²) in [5.74, 6) is 0.906. The number of likely N-dealkylation sites (N-methyl/N-ethyl adjacent to an activating group) is 1. The zero-order valence-electron chi connectivity index (χ0n) is 11.1. The minimum atomic E-state index is 0.283. The molecule has 0 spiro atoms. The minimum Gasteiger partial charge on any atom is -0.383 e. The topological polar surface area (TPSA) is 46.1 Å². The lowest BCUT2D eigenvalue weighted by molar-refractivity contribution is 0.181. The van der Waals surface area contributed by atoms with Crippen LogP contribution >= 0.6 is 12.2 Å². The quantitative estimate of drug-likeness (QED) is 0.762. The molecule has 0 aromatic carbocycles. The van der Waals surface area contributed by atoms with Gasteiger partial charge in [0.05, 0.1) is 12.6 Å². The van der Waals surface area contributed by atoms with Crippen molar-refractivity contribution >= 4 is 18.2 Å². The second-order valence-corrected chi connectivity index (χ2v) is 4.46. The van der Waals surface area contributed by atoms with Crippen LogP contribution in [0.5, 0.6) is 0 Å². The molecule has 0 aliphatic heterocycles. The van der Waals surface area contributed by atoms with Gasteiger partial charge in [-0.25, -0.2) is 5.10 Å². The number of anilines is 1. The molecular weight excluding hydrogens is 236 g/mol. The number of hydrogen-bond donors (Lipinski definition) is 1. The third kappa shape index (κ3) is 3.29. The number of aromatic amines is 1. The molecule has 17 heavy (non-hydrogen) atoms. The minimum absolute atomic E-state index is 0.283. The van der Waals surface area contributed by atoms with Gasteiger partial charge in [0.25, 0.3) is 0 Å². The van der Waals surface area contributed by atoms with Crippen LogP contribution in [0.4, 0.5) is 5.95 Å². The summed E-state index contributed by atoms with van der Waals surface area (Å²) in [6.45, 7) is 8.82. The van der Waals surface area contributed by atoms with Gasteiger partial charge in [0, 0.05) is 20.2 Å². The van der Waals surface area contributed by atoms with Gasteiger partial charge in [0.15, 0.2) is 4.77 Å². The van der Waals surface area contributed by atoms with Gasteiger partial charge in [-0.05, 0) is 32.5 Å². The van der Waals surface area contributed by atoms with E-state index in [-0.39, 0.29) is 6.04 Å². The fourth-order valence-electron chi connectivity index (χ4n) is 1.94. The Labute approximate surface area is 108 Å². The third-order valence-electron chi connectivity index (χ3n) is 2.72. The van der Waals surface area contributed by atoms with Crippen molar-refractivity contribution in [2.24, 2.45) is 0 Å². The SMILES string of the molecule is CCCn1c(N(CC)C(C)COC)n[nH]c1=S. The largest absolute Gasteiger partial charge is 0.383 e. The first-order valence-corrected chi connectivity index (χ1v) is 6.47. The second kappa shape index (κ2) is 6.76. The van der Waals surface area contributed by atoms with Crippen LogP contribution in [0.1, 0.15) is 27.2 Å². The highest BCUT2D eigenvalue weighted by atomic mass is 32.1. The molecule has 1 N–H and O–H groups in total. The Morgan fingerprint density at radius 3 is 2.76 bits per heavy atom. The number of H-pyrrole nitrogens is 1. The van der Waals surface area contributed by atoms with Gasteiger partial charge in [-0.1, -0.05) is 6.92 Å². The summed E-state index contributed by atoms with van der Waals surface area (Å²) >= 11 is 5.24. The van der Waals surface area contributed by atoms with Gasteiger partial charge in [-0.3, -0.25) is 4.57 Å². The monoisotopic (exact) mass is 258 g/mol. The smallest absolute Gasteiger partial charge is 0.226 e. The molecule has 1 atom stereocenters. The summed E-state index contributed by atoms with van der Waals surface area (Å²) in [4.78, 5) is 2.20. The molecule has 1 unspecified atom stereocenters. The fraction of sp³-hybridized carbons (Fsp3) is 0.818. The van der Waals surface area contributed by atoms with E-state index in [1.165, 1.54) is 0 Å². The lowest BCUT2D eigenvalue weighted by Gasteiger charge is -2.28. The van der Waals surface area contributed by atoms with Gasteiger partial charge >= 0.3 is 0 Å². The normalized spacial score (nSPS) is 12.7. The molecule has 1 aromatic rings. The lowest BCUT2D eigenvalue weighted by atomic mass is 10.3. The van der Waals surface area contributed by atoms with Crippen LogP contribution in [-0.2, 0) is 11.3 Å². The Hall–Kier alpha value is -0.880. The maximum Gasteiger partial charge on any atom is 0.226 e. The van der Waals surface area contributed by atoms with Crippen LogP contribution in [0, 0.1) is 4.77 Å². The number of hydrogen-bond acceptors (Lipinski definition) is 4. The molecular formula is C11H22N4OS. The molecule has 5 nitrogen and oxygen atoms in total. The first kappa shape index (κ1) is 14.2. The molecule has 1 heterocycles. The zero-order valence-corrected chi connectivity index (χ0v) is 11.9. The molecule has 1 rings (SSSR count). The number of nitrogens with zero attached hydrogens (tertiary/aromatic N) is 3. The van der Waals surface area contributed by atoms with Crippen molar-refractivity contribution in [2.75, 3.05) is 25.2 Å². The van der Waals surface area contributed by atoms with Crippen LogP contribution in [0.15, 0.2) is 0 Å². The summed E-state index contributed by atoms with van der Waals surface area (Å²) in [5, 5.41) is 7.19. The predicted octanol–water partition coefficient (Wildman–Crippen LogP) is 2.21. The fourth-order valence-corrected chi connectivity index (χ4v) is 2.15. The lowest BCUT2D eigenvalue weighted by Crippen LogP contribution is -2.38. The van der Waals surface area contributed by atoms with Crippen LogP contribution in [0.2, 0.25) is 0 Å². The highest BCUT2D eigenvalue weighted by molar-refractivity contribution is 7.71. The molecule has 6 heteroatoms. The number of aromatic nitrogens is 3. The van der Waals surface area contributed by atoms with Crippen LogP contribution in [0.3, 0.4) is 0 Å². The molecule has 0 aliphatic rings. The van der Waals surface area contributed by atoms with E-state index in [9.17, 15) is 0 Å². The number of methoxy groups -OCH3 is 1. The van der Waals surface area contributed by atoms with E-state index in [1.807, 2.05) is 4.57 Å². The summed E-state index contributed by atoms with van der Waals surface area (Å²) in [6, 6.07) is 0.283. The summed E-state index contributed by atoms with van der Waals surface area (Å²) in [7, 11) is 1.72. The van der Waals surface area contributed by atoms with E-state index in [0.717, 1.165) is 25.5 Å². The Morgan fingerprint density at radius 1 is 1.53 bits per heavy atom. The molecule has 0 saturated carbocycles. The Balaban J connectivity index is 2.98. The van der Waals surface area contributed by atoms with Crippen molar-refractivity contribution in [1.29, 1.82) is 0 Å². The van der Waals surface area contributed by atoms with E-state index in [4.69, 9.17) is 17.0 Å². The third-order valence-corrected chi connectivity index (χ3v) is 3.03. The average Bonchev–Trinajstić information content (AvgIpc) is 2.64. The number of rotatable bonds is 7. The zero-order chi connectivity index (χ0) is 12.8. The van der Waals surface area contributed by atoms with Gasteiger partial charge in [-0.2, -0.15) is 0 Å². The molecule has 0 bridgehead atoms. The maximum atomic E-state index is 5.24. The average molecular weight is 258 g/mol. The highest BCUT2D eigenvalue weighted by Crippen LogP contribution is 2.15. The van der Waals surface area contributed by atoms with Crippen LogP contribution in [-0.4, -0.2) is 41.1 Å². The predicted molar refractivity (Wildman–Crippen MR) is 72.1 cm³/mol. The molecule has 0 aliphatic carbocycles. The number of nitrogens with one attached hydrogen (secondary N) is 1. The van der Waals surface area contributed by atoms with Crippen molar-refractivity contribution in [1.82, 2.24) is 14.8 Å². The molecule has 1 aromatic heterocycles. The van der Waals surface area contributed by atoms with Crippen LogP contribution < -0.4 is 4.90 Å². The first-order valence-electron chi connectivity index (χ1n) is 6.06. The molecule has 0 amide bonds. The van der Waals surface area contributed by atoms with Gasteiger partial charge in [-0.15, -0.1) is 5.10 Å². The van der Waals surface area contributed by atoms with E-state index >= 15 is 0 Å². The molecule has 0 saturated heterocycles.